The molecule has 0 radical (unpaired) electrons. The van der Waals surface area contributed by atoms with Gasteiger partial charge < -0.3 is 9.15 Å². The summed E-state index contributed by atoms with van der Waals surface area (Å²) in [5, 5.41) is 12.6. The van der Waals surface area contributed by atoms with E-state index in [9.17, 15) is 8.78 Å². The first kappa shape index (κ1) is 18.5. The van der Waals surface area contributed by atoms with E-state index in [1.165, 1.54) is 12.1 Å². The van der Waals surface area contributed by atoms with Crippen molar-refractivity contribution in [1.29, 1.82) is 0 Å². The molecule has 0 bridgehead atoms. The van der Waals surface area contributed by atoms with Crippen LogP contribution in [0.4, 0.5) is 8.78 Å². The molecule has 0 aliphatic heterocycles. The molecule has 0 aliphatic rings. The van der Waals surface area contributed by atoms with Crippen molar-refractivity contribution in [1.82, 2.24) is 20.0 Å². The first-order chi connectivity index (χ1) is 12.3. The number of hydrogen-bond donors (Lipinski definition) is 0. The van der Waals surface area contributed by atoms with Crippen LogP contribution in [0.1, 0.15) is 30.1 Å². The highest BCUT2D eigenvalue weighted by atomic mass is 79.9. The number of rotatable bonds is 6. The van der Waals surface area contributed by atoms with E-state index in [0.717, 1.165) is 15.9 Å². The summed E-state index contributed by atoms with van der Waals surface area (Å²) in [5.74, 6) is 0.844. The van der Waals surface area contributed by atoms with Crippen LogP contribution < -0.4 is 4.74 Å². The van der Waals surface area contributed by atoms with Crippen LogP contribution in [0.3, 0.4) is 0 Å². The van der Waals surface area contributed by atoms with Gasteiger partial charge in [-0.25, -0.2) is 0 Å². The van der Waals surface area contributed by atoms with Gasteiger partial charge in [0.15, 0.2) is 0 Å². The Kier molecular flexibility index (Phi) is 5.36. The number of aryl methyl sites for hydroxylation is 1. The normalized spacial score (nSPS) is 12.6. The second-order valence-corrected chi connectivity index (χ2v) is 6.71. The quantitative estimate of drug-likeness (QED) is 0.570. The molecule has 0 saturated carbocycles. The summed E-state index contributed by atoms with van der Waals surface area (Å²) in [6, 6.07) is 6.06. The van der Waals surface area contributed by atoms with Crippen molar-refractivity contribution in [2.24, 2.45) is 0 Å². The van der Waals surface area contributed by atoms with Gasteiger partial charge in [0.2, 0.25) is 11.8 Å². The largest absolute Gasteiger partial charge is 0.435 e. The molecule has 138 valence electrons. The maximum Gasteiger partial charge on any atom is 0.387 e. The van der Waals surface area contributed by atoms with Gasteiger partial charge in [0.25, 0.3) is 0 Å². The second-order valence-electron chi connectivity index (χ2n) is 5.92. The monoisotopic (exact) mass is 426 g/mol. The maximum absolute atomic E-state index is 12.2. The lowest BCUT2D eigenvalue weighted by Gasteiger charge is -2.09. The first-order valence-corrected chi connectivity index (χ1v) is 8.72. The van der Waals surface area contributed by atoms with Gasteiger partial charge in [-0.05, 0) is 54.0 Å². The van der Waals surface area contributed by atoms with Gasteiger partial charge in [0.1, 0.15) is 5.75 Å². The zero-order chi connectivity index (χ0) is 18.8. The molecule has 0 saturated heterocycles. The van der Waals surface area contributed by atoms with Crippen molar-refractivity contribution in [3.8, 4) is 17.2 Å². The Morgan fingerprint density at radius 2 is 1.88 bits per heavy atom. The fourth-order valence-electron chi connectivity index (χ4n) is 2.52. The van der Waals surface area contributed by atoms with E-state index in [0.29, 0.717) is 23.9 Å². The van der Waals surface area contributed by atoms with Gasteiger partial charge in [-0.15, -0.1) is 10.2 Å². The van der Waals surface area contributed by atoms with E-state index in [1.807, 2.05) is 25.5 Å². The smallest absolute Gasteiger partial charge is 0.387 e. The average molecular weight is 427 g/mol. The molecular formula is C17H17BrF2N4O2. The third-order valence-corrected chi connectivity index (χ3v) is 5.08. The van der Waals surface area contributed by atoms with E-state index < -0.39 is 6.61 Å². The Labute approximate surface area is 157 Å². The highest BCUT2D eigenvalue weighted by molar-refractivity contribution is 9.10. The number of halogens is 3. The van der Waals surface area contributed by atoms with E-state index in [4.69, 9.17) is 4.42 Å². The minimum absolute atomic E-state index is 0.0393. The summed E-state index contributed by atoms with van der Waals surface area (Å²) >= 11 is 3.51. The Morgan fingerprint density at radius 1 is 1.19 bits per heavy atom. The van der Waals surface area contributed by atoms with Crippen molar-refractivity contribution in [3.05, 3.63) is 46.0 Å². The second kappa shape index (κ2) is 7.53. The van der Waals surface area contributed by atoms with Crippen LogP contribution >= 0.6 is 15.9 Å². The van der Waals surface area contributed by atoms with Gasteiger partial charge >= 0.3 is 6.61 Å². The van der Waals surface area contributed by atoms with Gasteiger partial charge in [0, 0.05) is 11.3 Å². The number of alkyl halides is 2. The lowest BCUT2D eigenvalue weighted by Crippen LogP contribution is -2.09. The highest BCUT2D eigenvalue weighted by Crippen LogP contribution is 2.26. The molecule has 1 atom stereocenters. The average Bonchev–Trinajstić information content (AvgIpc) is 3.17. The third kappa shape index (κ3) is 3.92. The topological polar surface area (TPSA) is 66.0 Å². The van der Waals surface area contributed by atoms with Crippen molar-refractivity contribution in [2.45, 2.75) is 39.8 Å². The van der Waals surface area contributed by atoms with E-state index in [1.54, 1.807) is 12.1 Å². The summed E-state index contributed by atoms with van der Waals surface area (Å²) in [4.78, 5) is 0. The van der Waals surface area contributed by atoms with Gasteiger partial charge in [-0.1, -0.05) is 6.92 Å². The minimum Gasteiger partial charge on any atom is -0.435 e. The van der Waals surface area contributed by atoms with Crippen LogP contribution in [0.25, 0.3) is 11.5 Å². The molecule has 6 nitrogen and oxygen atoms in total. The number of hydrogen-bond acceptors (Lipinski definition) is 5. The highest BCUT2D eigenvalue weighted by Gasteiger charge is 2.18. The predicted molar refractivity (Wildman–Crippen MR) is 94.2 cm³/mol. The number of ether oxygens (including phenoxy) is 1. The molecule has 2 aromatic heterocycles. The van der Waals surface area contributed by atoms with Crippen molar-refractivity contribution in [3.63, 3.8) is 0 Å². The molecule has 9 heteroatoms. The molecule has 0 N–H and O–H groups in total. The van der Waals surface area contributed by atoms with Gasteiger partial charge in [-0.2, -0.15) is 13.9 Å². The molecule has 1 aromatic carbocycles. The molecule has 0 spiro atoms. The van der Waals surface area contributed by atoms with Crippen LogP contribution in [0.5, 0.6) is 5.75 Å². The van der Waals surface area contributed by atoms with Crippen LogP contribution in [-0.4, -0.2) is 26.6 Å². The number of nitrogens with zero attached hydrogens (tertiary/aromatic N) is 4. The molecular weight excluding hydrogens is 410 g/mol. The standard InChI is InChI=1S/C17H17BrF2N4O2/c1-9(8-24-11(3)14(18)10(2)23-24)15-21-22-16(26-15)12-4-6-13(7-5-12)25-17(19)20/h4-7,9,17H,8H2,1-3H3. The number of benzene rings is 1. The maximum atomic E-state index is 12.2. The van der Waals surface area contributed by atoms with Crippen LogP contribution in [0.2, 0.25) is 0 Å². The summed E-state index contributed by atoms with van der Waals surface area (Å²) < 4.78 is 37.3. The Balaban J connectivity index is 1.73. The number of aromatic nitrogens is 4. The SMILES string of the molecule is Cc1nn(CC(C)c2nnc(-c3ccc(OC(F)F)cc3)o2)c(C)c1Br. The molecule has 3 aromatic rings. The van der Waals surface area contributed by atoms with Gasteiger partial charge in [0.05, 0.1) is 22.6 Å². The van der Waals surface area contributed by atoms with Crippen LogP contribution in [-0.2, 0) is 6.54 Å². The summed E-state index contributed by atoms with van der Waals surface area (Å²) in [7, 11) is 0. The molecule has 1 unspecified atom stereocenters. The summed E-state index contributed by atoms with van der Waals surface area (Å²) in [6.45, 7) is 3.64. The molecule has 26 heavy (non-hydrogen) atoms. The third-order valence-electron chi connectivity index (χ3n) is 3.93. The Hall–Kier alpha value is -2.29. The predicted octanol–water partition coefficient (Wildman–Crippen LogP) is 4.72. The zero-order valence-electron chi connectivity index (χ0n) is 14.4. The van der Waals surface area contributed by atoms with Crippen molar-refractivity contribution < 1.29 is 17.9 Å². The van der Waals surface area contributed by atoms with Crippen LogP contribution in [0.15, 0.2) is 33.2 Å². The fraction of sp³-hybridized carbons (Fsp3) is 0.353. The van der Waals surface area contributed by atoms with E-state index >= 15 is 0 Å². The summed E-state index contributed by atoms with van der Waals surface area (Å²) in [5.41, 5.74) is 2.59. The summed E-state index contributed by atoms with van der Waals surface area (Å²) in [6.07, 6.45) is 0. The minimum atomic E-state index is -2.86. The Morgan fingerprint density at radius 3 is 2.46 bits per heavy atom. The van der Waals surface area contributed by atoms with E-state index in [2.05, 4.69) is 36.0 Å². The lowest BCUT2D eigenvalue weighted by atomic mass is 10.2. The molecule has 0 aliphatic carbocycles. The van der Waals surface area contributed by atoms with Crippen LogP contribution in [0, 0.1) is 13.8 Å². The lowest BCUT2D eigenvalue weighted by molar-refractivity contribution is -0.0498. The van der Waals surface area contributed by atoms with E-state index in [-0.39, 0.29) is 11.7 Å². The molecule has 0 fully saturated rings. The van der Waals surface area contributed by atoms with Crippen molar-refractivity contribution >= 4 is 15.9 Å². The Bertz CT molecular complexity index is 893. The molecule has 2 heterocycles. The zero-order valence-corrected chi connectivity index (χ0v) is 16.0. The molecule has 3 rings (SSSR count). The first-order valence-electron chi connectivity index (χ1n) is 7.93. The van der Waals surface area contributed by atoms with Gasteiger partial charge in [-0.3, -0.25) is 4.68 Å². The molecule has 0 amide bonds. The van der Waals surface area contributed by atoms with Crippen molar-refractivity contribution in [2.75, 3.05) is 0 Å². The fourth-order valence-corrected chi connectivity index (χ4v) is 2.80.